The summed E-state index contributed by atoms with van der Waals surface area (Å²) in [5.74, 6) is -0.465. The van der Waals surface area contributed by atoms with Crippen molar-refractivity contribution in [1.82, 2.24) is 5.06 Å². The predicted molar refractivity (Wildman–Crippen MR) is 72.8 cm³/mol. The van der Waals surface area contributed by atoms with Crippen molar-refractivity contribution < 1.29 is 19.8 Å². The second kappa shape index (κ2) is 6.08. The van der Waals surface area contributed by atoms with Crippen molar-refractivity contribution in [3.05, 3.63) is 59.7 Å². The van der Waals surface area contributed by atoms with Gasteiger partial charge in [0.1, 0.15) is 18.1 Å². The number of nitrogens with zero attached hydrogens (tertiary/aromatic N) is 1. The van der Waals surface area contributed by atoms with Crippen molar-refractivity contribution in [2.24, 2.45) is 0 Å². The average molecular weight is 273 g/mol. The number of hydroxylamine groups is 2. The van der Waals surface area contributed by atoms with E-state index in [1.807, 2.05) is 30.3 Å². The summed E-state index contributed by atoms with van der Waals surface area (Å²) in [6.07, 6.45) is 0. The summed E-state index contributed by atoms with van der Waals surface area (Å²) in [5.41, 5.74) is 0.980. The van der Waals surface area contributed by atoms with Gasteiger partial charge in [0.15, 0.2) is 0 Å². The summed E-state index contributed by atoms with van der Waals surface area (Å²) in [7, 11) is 1.19. The lowest BCUT2D eigenvalue weighted by atomic mass is 10.1. The van der Waals surface area contributed by atoms with Gasteiger partial charge in [-0.05, 0) is 23.8 Å². The fourth-order valence-electron chi connectivity index (χ4n) is 1.69. The number of carbonyl (C=O) groups is 1. The number of aromatic hydroxyl groups is 1. The second-order valence-corrected chi connectivity index (χ2v) is 4.28. The van der Waals surface area contributed by atoms with Crippen LogP contribution in [0.5, 0.6) is 11.5 Å². The Balaban J connectivity index is 2.13. The fraction of sp³-hybridized carbons (Fsp3) is 0.133. The van der Waals surface area contributed by atoms with E-state index in [1.54, 1.807) is 6.07 Å². The highest BCUT2D eigenvalue weighted by molar-refractivity contribution is 5.96. The molecule has 0 aromatic heterocycles. The normalized spacial score (nSPS) is 10.1. The van der Waals surface area contributed by atoms with Crippen molar-refractivity contribution in [1.29, 1.82) is 0 Å². The van der Waals surface area contributed by atoms with Gasteiger partial charge < -0.3 is 9.84 Å². The smallest absolute Gasteiger partial charge is 0.280 e. The second-order valence-electron chi connectivity index (χ2n) is 4.28. The quantitative estimate of drug-likeness (QED) is 0.663. The largest absolute Gasteiger partial charge is 0.507 e. The van der Waals surface area contributed by atoms with Gasteiger partial charge in [-0.15, -0.1) is 0 Å². The maximum Gasteiger partial charge on any atom is 0.280 e. The van der Waals surface area contributed by atoms with Crippen LogP contribution in [0.25, 0.3) is 0 Å². The van der Waals surface area contributed by atoms with Crippen LogP contribution in [0.1, 0.15) is 15.9 Å². The van der Waals surface area contributed by atoms with Crippen LogP contribution in [-0.4, -0.2) is 28.3 Å². The van der Waals surface area contributed by atoms with Gasteiger partial charge in [-0.2, -0.15) is 0 Å². The zero-order valence-electron chi connectivity index (χ0n) is 11.0. The van der Waals surface area contributed by atoms with Crippen molar-refractivity contribution in [3.63, 3.8) is 0 Å². The summed E-state index contributed by atoms with van der Waals surface area (Å²) in [6, 6.07) is 13.9. The first-order chi connectivity index (χ1) is 9.58. The molecule has 5 nitrogen and oxygen atoms in total. The molecule has 0 saturated heterocycles. The molecule has 0 aliphatic heterocycles. The third kappa shape index (κ3) is 3.27. The molecule has 0 aliphatic rings. The van der Waals surface area contributed by atoms with Crippen molar-refractivity contribution in [2.45, 2.75) is 6.61 Å². The molecule has 20 heavy (non-hydrogen) atoms. The van der Waals surface area contributed by atoms with Crippen molar-refractivity contribution in [3.8, 4) is 11.5 Å². The summed E-state index contributed by atoms with van der Waals surface area (Å²) in [6.45, 7) is 0.355. The topological polar surface area (TPSA) is 70.0 Å². The van der Waals surface area contributed by atoms with Gasteiger partial charge in [0.2, 0.25) is 0 Å². The third-order valence-corrected chi connectivity index (χ3v) is 2.74. The van der Waals surface area contributed by atoms with Crippen LogP contribution < -0.4 is 4.74 Å². The SMILES string of the molecule is CN(O)C(=O)c1cc(OCc2ccccc2)ccc1O. The van der Waals surface area contributed by atoms with E-state index < -0.39 is 5.91 Å². The molecule has 1 amide bonds. The standard InChI is InChI=1S/C15H15NO4/c1-16(19)15(18)13-9-12(7-8-14(13)17)20-10-11-5-3-2-4-6-11/h2-9,17,19H,10H2,1H3. The minimum atomic E-state index is -0.701. The lowest BCUT2D eigenvalue weighted by molar-refractivity contribution is -0.0377. The first kappa shape index (κ1) is 13.9. The molecule has 0 heterocycles. The summed E-state index contributed by atoms with van der Waals surface area (Å²) >= 11 is 0. The van der Waals surface area contributed by atoms with Crippen LogP contribution in [0, 0.1) is 0 Å². The molecular weight excluding hydrogens is 258 g/mol. The molecule has 0 fully saturated rings. The van der Waals surface area contributed by atoms with Crippen LogP contribution in [0.2, 0.25) is 0 Å². The van der Waals surface area contributed by atoms with E-state index in [9.17, 15) is 9.90 Å². The molecule has 0 bridgehead atoms. The first-order valence-corrected chi connectivity index (χ1v) is 6.04. The van der Waals surface area contributed by atoms with Gasteiger partial charge >= 0.3 is 0 Å². The van der Waals surface area contributed by atoms with E-state index in [-0.39, 0.29) is 11.3 Å². The maximum atomic E-state index is 11.7. The molecule has 0 atom stereocenters. The van der Waals surface area contributed by atoms with E-state index in [0.29, 0.717) is 17.4 Å². The lowest BCUT2D eigenvalue weighted by Gasteiger charge is -2.12. The number of amides is 1. The molecule has 0 spiro atoms. The monoisotopic (exact) mass is 273 g/mol. The van der Waals surface area contributed by atoms with Crippen molar-refractivity contribution >= 4 is 5.91 Å². The van der Waals surface area contributed by atoms with Crippen LogP contribution in [-0.2, 0) is 6.61 Å². The summed E-state index contributed by atoms with van der Waals surface area (Å²) < 4.78 is 5.55. The highest BCUT2D eigenvalue weighted by Gasteiger charge is 2.15. The first-order valence-electron chi connectivity index (χ1n) is 6.04. The van der Waals surface area contributed by atoms with Gasteiger partial charge in [-0.25, -0.2) is 5.06 Å². The van der Waals surface area contributed by atoms with Crippen LogP contribution >= 0.6 is 0 Å². The summed E-state index contributed by atoms with van der Waals surface area (Å²) in [4.78, 5) is 11.7. The Morgan fingerprint density at radius 3 is 2.55 bits per heavy atom. The lowest BCUT2D eigenvalue weighted by Crippen LogP contribution is -2.22. The molecule has 0 radical (unpaired) electrons. The van der Waals surface area contributed by atoms with E-state index >= 15 is 0 Å². The molecule has 2 N–H and O–H groups in total. The highest BCUT2D eigenvalue weighted by atomic mass is 16.5. The van der Waals surface area contributed by atoms with Gasteiger partial charge in [-0.1, -0.05) is 30.3 Å². The zero-order valence-corrected chi connectivity index (χ0v) is 11.0. The Morgan fingerprint density at radius 2 is 1.90 bits per heavy atom. The highest BCUT2D eigenvalue weighted by Crippen LogP contribution is 2.24. The number of phenols is 1. The van der Waals surface area contributed by atoms with E-state index in [1.165, 1.54) is 19.2 Å². The van der Waals surface area contributed by atoms with Gasteiger partial charge in [0, 0.05) is 7.05 Å². The Hall–Kier alpha value is -2.53. The number of hydrogen-bond donors (Lipinski definition) is 2. The number of ether oxygens (including phenoxy) is 1. The number of hydrogen-bond acceptors (Lipinski definition) is 4. The molecule has 2 rings (SSSR count). The number of rotatable bonds is 4. The van der Waals surface area contributed by atoms with Gasteiger partial charge in [0.25, 0.3) is 5.91 Å². The summed E-state index contributed by atoms with van der Waals surface area (Å²) in [5, 5.41) is 19.2. The number of benzene rings is 2. The Labute approximate surface area is 116 Å². The number of phenolic OH excluding ortho intramolecular Hbond substituents is 1. The minimum absolute atomic E-state index is 0.0134. The third-order valence-electron chi connectivity index (χ3n) is 2.74. The number of carbonyl (C=O) groups excluding carboxylic acids is 1. The van der Waals surface area contributed by atoms with Crippen LogP contribution in [0.15, 0.2) is 48.5 Å². The maximum absolute atomic E-state index is 11.7. The van der Waals surface area contributed by atoms with E-state index in [2.05, 4.69) is 0 Å². The zero-order chi connectivity index (χ0) is 14.5. The molecule has 0 saturated carbocycles. The van der Waals surface area contributed by atoms with Gasteiger partial charge in [0.05, 0.1) is 5.56 Å². The molecule has 0 unspecified atom stereocenters. The van der Waals surface area contributed by atoms with Crippen molar-refractivity contribution in [2.75, 3.05) is 7.05 Å². The van der Waals surface area contributed by atoms with Crippen LogP contribution in [0.4, 0.5) is 0 Å². The predicted octanol–water partition coefficient (Wildman–Crippen LogP) is 2.43. The average Bonchev–Trinajstić information content (AvgIpc) is 2.46. The molecule has 2 aromatic rings. The van der Waals surface area contributed by atoms with E-state index in [0.717, 1.165) is 5.56 Å². The molecule has 104 valence electrons. The molecular formula is C15H15NO4. The van der Waals surface area contributed by atoms with E-state index in [4.69, 9.17) is 9.94 Å². The fourth-order valence-corrected chi connectivity index (χ4v) is 1.69. The molecule has 0 aliphatic carbocycles. The molecule has 2 aromatic carbocycles. The van der Waals surface area contributed by atoms with Gasteiger partial charge in [-0.3, -0.25) is 10.0 Å². The molecule has 5 heteroatoms. The van der Waals surface area contributed by atoms with Crippen LogP contribution in [0.3, 0.4) is 0 Å². The Kier molecular flexibility index (Phi) is 4.22. The minimum Gasteiger partial charge on any atom is -0.507 e. The Morgan fingerprint density at radius 1 is 1.20 bits per heavy atom. The Bertz CT molecular complexity index is 596.